The molecule has 0 N–H and O–H groups in total. The quantitative estimate of drug-likeness (QED) is 0.295. The van der Waals surface area contributed by atoms with E-state index in [9.17, 15) is 0 Å². The van der Waals surface area contributed by atoms with Crippen LogP contribution in [0.3, 0.4) is 0 Å². The fourth-order valence-corrected chi connectivity index (χ4v) is 5.55. The highest BCUT2D eigenvalue weighted by molar-refractivity contribution is 5.95. The molecule has 0 aromatic heterocycles. The molecule has 0 fully saturated rings. The van der Waals surface area contributed by atoms with Gasteiger partial charge in [-0.25, -0.2) is 0 Å². The molecule has 2 aliphatic rings. The zero-order valence-electron chi connectivity index (χ0n) is 17.5. The largest absolute Gasteiger partial charge is 0.0839 e. The third-order valence-corrected chi connectivity index (χ3v) is 6.79. The van der Waals surface area contributed by atoms with E-state index in [1.165, 1.54) is 44.5 Å². The number of benzene rings is 4. The van der Waals surface area contributed by atoms with E-state index < -0.39 is 0 Å². The Morgan fingerprint density at radius 3 is 1.85 bits per heavy atom. The van der Waals surface area contributed by atoms with Gasteiger partial charge >= 0.3 is 0 Å². The molecule has 0 amide bonds. The van der Waals surface area contributed by atoms with Crippen LogP contribution in [0.4, 0.5) is 0 Å². The lowest BCUT2D eigenvalue weighted by Crippen LogP contribution is -2.29. The Morgan fingerprint density at radius 2 is 1.15 bits per heavy atom. The van der Waals surface area contributed by atoms with Crippen LogP contribution in [-0.2, 0) is 5.41 Å². The van der Waals surface area contributed by atoms with Crippen LogP contribution in [0.5, 0.6) is 0 Å². The van der Waals surface area contributed by atoms with Gasteiger partial charge in [0.2, 0.25) is 0 Å². The Bertz CT molecular complexity index is 1310. The lowest BCUT2D eigenvalue weighted by Gasteiger charge is -2.35. The number of rotatable bonds is 3. The van der Waals surface area contributed by atoms with Gasteiger partial charge in [0.1, 0.15) is 0 Å². The number of hydrogen-bond donors (Lipinski definition) is 0. The van der Waals surface area contributed by atoms with Crippen LogP contribution in [0, 0.1) is 0 Å². The molecular formula is C34H36. The minimum atomic E-state index is -0.283. The first-order valence-electron chi connectivity index (χ1n) is 11.1. The number of fused-ring (bicyclic) bond motifs is 3. The molecule has 1 atom stereocenters. The van der Waals surface area contributed by atoms with E-state index in [0.717, 1.165) is 12.8 Å². The Hall–Kier alpha value is -3.64. The van der Waals surface area contributed by atoms with Gasteiger partial charge in [-0.15, -0.1) is 0 Å². The summed E-state index contributed by atoms with van der Waals surface area (Å²) in [4.78, 5) is 0. The van der Waals surface area contributed by atoms with Gasteiger partial charge in [-0.1, -0.05) is 144 Å². The molecule has 4 aromatic carbocycles. The standard InChI is InChI=1S/C31H24.3CH4/c1-4-13-23(14-5-1)26-20-12-22-29-30(26)27-19-10-11-21-28(27)31(29,24-15-6-2-7-16-24)25-17-8-3-9-18-25;;;/h1-2,4-8,10-22H,3,9H2;3*1H4. The van der Waals surface area contributed by atoms with E-state index in [0.29, 0.717) is 0 Å². The topological polar surface area (TPSA) is 0 Å². The highest BCUT2D eigenvalue weighted by Gasteiger charge is 2.47. The molecule has 0 nitrogen and oxygen atoms in total. The summed E-state index contributed by atoms with van der Waals surface area (Å²) in [5, 5.41) is 0. The number of hydrogen-bond acceptors (Lipinski definition) is 0. The summed E-state index contributed by atoms with van der Waals surface area (Å²) in [7, 11) is 0. The highest BCUT2D eigenvalue weighted by atomic mass is 14.5. The second-order valence-corrected chi connectivity index (χ2v) is 8.39. The average molecular weight is 445 g/mol. The molecule has 2 aliphatic carbocycles. The van der Waals surface area contributed by atoms with Gasteiger partial charge in [-0.2, -0.15) is 0 Å². The van der Waals surface area contributed by atoms with Crippen LogP contribution in [0.1, 0.15) is 51.8 Å². The van der Waals surface area contributed by atoms with Crippen molar-refractivity contribution in [3.8, 4) is 22.3 Å². The van der Waals surface area contributed by atoms with Crippen LogP contribution in [-0.4, -0.2) is 0 Å². The summed E-state index contributed by atoms with van der Waals surface area (Å²) in [6.07, 6.45) is 9.36. The van der Waals surface area contributed by atoms with E-state index in [2.05, 4.69) is 121 Å². The summed E-state index contributed by atoms with van der Waals surface area (Å²) in [5.74, 6) is 0. The van der Waals surface area contributed by atoms with Crippen molar-refractivity contribution in [2.45, 2.75) is 40.5 Å². The monoisotopic (exact) mass is 444 g/mol. The maximum absolute atomic E-state index is 2.45. The molecule has 0 heterocycles. The fourth-order valence-electron chi connectivity index (χ4n) is 5.55. The van der Waals surface area contributed by atoms with Crippen molar-refractivity contribution < 1.29 is 0 Å². The lowest BCUT2D eigenvalue weighted by atomic mass is 9.66. The second kappa shape index (κ2) is 10.1. The zero-order valence-corrected chi connectivity index (χ0v) is 17.5. The predicted octanol–water partition coefficient (Wildman–Crippen LogP) is 9.85. The van der Waals surface area contributed by atoms with Crippen LogP contribution in [0.15, 0.2) is 127 Å². The molecule has 6 rings (SSSR count). The van der Waals surface area contributed by atoms with E-state index in [1.807, 2.05) is 0 Å². The molecule has 0 aliphatic heterocycles. The van der Waals surface area contributed by atoms with Crippen molar-refractivity contribution in [2.75, 3.05) is 0 Å². The normalized spacial score (nSPS) is 17.2. The third-order valence-electron chi connectivity index (χ3n) is 6.79. The number of allylic oxidation sites excluding steroid dienone is 4. The molecule has 172 valence electrons. The predicted molar refractivity (Wildman–Crippen MR) is 150 cm³/mol. The van der Waals surface area contributed by atoms with Crippen molar-refractivity contribution in [1.82, 2.24) is 0 Å². The highest BCUT2D eigenvalue weighted by Crippen LogP contribution is 2.58. The molecule has 0 saturated carbocycles. The van der Waals surface area contributed by atoms with Crippen LogP contribution in [0.2, 0.25) is 0 Å². The van der Waals surface area contributed by atoms with Gasteiger partial charge in [0, 0.05) is 0 Å². The average Bonchev–Trinajstić information content (AvgIpc) is 3.17. The molecule has 0 heteroatoms. The summed E-state index contributed by atoms with van der Waals surface area (Å²) < 4.78 is 0. The van der Waals surface area contributed by atoms with Crippen LogP contribution >= 0.6 is 0 Å². The van der Waals surface area contributed by atoms with Gasteiger partial charge in [0.25, 0.3) is 0 Å². The van der Waals surface area contributed by atoms with E-state index in [-0.39, 0.29) is 27.7 Å². The smallest absolute Gasteiger partial charge is 0.0710 e. The van der Waals surface area contributed by atoms with Crippen LogP contribution in [0.25, 0.3) is 22.3 Å². The molecule has 0 saturated heterocycles. The van der Waals surface area contributed by atoms with Gasteiger partial charge in [0.05, 0.1) is 5.41 Å². The van der Waals surface area contributed by atoms with Crippen molar-refractivity contribution in [3.05, 3.63) is 144 Å². The second-order valence-electron chi connectivity index (χ2n) is 8.39. The first-order chi connectivity index (χ1) is 15.4. The molecule has 34 heavy (non-hydrogen) atoms. The minimum Gasteiger partial charge on any atom is -0.0839 e. The fraction of sp³-hybridized carbons (Fsp3) is 0.176. The van der Waals surface area contributed by atoms with E-state index >= 15 is 0 Å². The van der Waals surface area contributed by atoms with Gasteiger partial charge in [-0.3, -0.25) is 0 Å². The van der Waals surface area contributed by atoms with Crippen molar-refractivity contribution in [1.29, 1.82) is 0 Å². The summed E-state index contributed by atoms with van der Waals surface area (Å²) in [6.45, 7) is 0. The Balaban J connectivity index is 0.00000108. The first-order valence-corrected chi connectivity index (χ1v) is 11.1. The first kappa shape index (κ1) is 25.0. The zero-order chi connectivity index (χ0) is 20.7. The minimum absolute atomic E-state index is 0. The molecule has 0 radical (unpaired) electrons. The van der Waals surface area contributed by atoms with Gasteiger partial charge in [-0.05, 0) is 57.4 Å². The van der Waals surface area contributed by atoms with Gasteiger partial charge in [0.15, 0.2) is 0 Å². The molecular weight excluding hydrogens is 408 g/mol. The van der Waals surface area contributed by atoms with Crippen molar-refractivity contribution in [3.63, 3.8) is 0 Å². The van der Waals surface area contributed by atoms with Crippen LogP contribution < -0.4 is 0 Å². The Labute approximate surface area is 206 Å². The van der Waals surface area contributed by atoms with Crippen molar-refractivity contribution >= 4 is 0 Å². The van der Waals surface area contributed by atoms with E-state index in [4.69, 9.17) is 0 Å². The molecule has 1 unspecified atom stereocenters. The summed E-state index contributed by atoms with van der Waals surface area (Å²) in [5.41, 5.74) is 10.5. The maximum Gasteiger partial charge on any atom is 0.0710 e. The Morgan fingerprint density at radius 1 is 0.529 bits per heavy atom. The maximum atomic E-state index is 2.45. The SMILES string of the molecule is C.C.C.C1=CC(C2(c3ccccc3)c3ccccc3-c3c(-c4ccccc4)cccc32)=CCC1. The molecule has 0 spiro atoms. The molecule has 4 aromatic rings. The third kappa shape index (κ3) is 3.55. The van der Waals surface area contributed by atoms with Crippen molar-refractivity contribution in [2.24, 2.45) is 0 Å². The summed E-state index contributed by atoms with van der Waals surface area (Å²) in [6, 6.07) is 37.7. The molecule has 0 bridgehead atoms. The summed E-state index contributed by atoms with van der Waals surface area (Å²) >= 11 is 0. The van der Waals surface area contributed by atoms with E-state index in [1.54, 1.807) is 0 Å². The van der Waals surface area contributed by atoms with Gasteiger partial charge < -0.3 is 0 Å². The Kier molecular flexibility index (Phi) is 7.42. The lowest BCUT2D eigenvalue weighted by molar-refractivity contribution is 0.751.